The molecule has 2 atom stereocenters. The predicted octanol–water partition coefficient (Wildman–Crippen LogP) is 4.79. The number of hydrogen-bond acceptors (Lipinski definition) is 9. The van der Waals surface area contributed by atoms with E-state index in [1.54, 1.807) is 31.1 Å². The van der Waals surface area contributed by atoms with Gasteiger partial charge in [0.25, 0.3) is 5.69 Å². The summed E-state index contributed by atoms with van der Waals surface area (Å²) >= 11 is 0. The Balaban J connectivity index is 0.000000231. The quantitative estimate of drug-likeness (QED) is 0.214. The summed E-state index contributed by atoms with van der Waals surface area (Å²) in [6, 6.07) is 10.3. The Morgan fingerprint density at radius 2 is 1.33 bits per heavy atom. The standard InChI is InChI=1S/C15H21N3O4.C15H23N3O2/c1-11(19)17(2)12-6-7-14(15(9-12)18(20)21)16-10-13-5-3-4-8-22-13;1-11(19)18(2)12-6-7-15(14(16)9-12)17-10-13-5-3-4-8-20-13/h6-7,9,13,16H,3-5,8,10H2,1-2H3;6-7,9,13,17H,3-5,8,10,16H2,1-2H3. The molecule has 2 fully saturated rings. The molecule has 2 unspecified atom stereocenters. The summed E-state index contributed by atoms with van der Waals surface area (Å²) in [5.41, 5.74) is 9.27. The van der Waals surface area contributed by atoms with E-state index < -0.39 is 4.92 Å². The number of amides is 2. The van der Waals surface area contributed by atoms with Gasteiger partial charge < -0.3 is 35.6 Å². The van der Waals surface area contributed by atoms with Crippen LogP contribution in [0.1, 0.15) is 52.4 Å². The molecule has 2 aliphatic heterocycles. The molecule has 2 aliphatic rings. The van der Waals surface area contributed by atoms with E-state index in [2.05, 4.69) is 10.6 Å². The third kappa shape index (κ3) is 9.59. The summed E-state index contributed by atoms with van der Waals surface area (Å²) in [6.45, 7) is 5.86. The van der Waals surface area contributed by atoms with Crippen molar-refractivity contribution in [3.05, 3.63) is 46.5 Å². The number of nitrogens with two attached hydrogens (primary N) is 1. The lowest BCUT2D eigenvalue weighted by atomic mass is 10.1. The van der Waals surface area contributed by atoms with Crippen LogP contribution in [0.3, 0.4) is 0 Å². The molecule has 0 aromatic heterocycles. The second kappa shape index (κ2) is 15.9. The zero-order chi connectivity index (χ0) is 30.6. The van der Waals surface area contributed by atoms with Crippen LogP contribution in [0, 0.1) is 10.1 Å². The molecule has 2 aromatic rings. The molecule has 0 radical (unpaired) electrons. The van der Waals surface area contributed by atoms with Gasteiger partial charge in [-0.15, -0.1) is 0 Å². The molecule has 4 rings (SSSR count). The Morgan fingerprint density at radius 1 is 0.857 bits per heavy atom. The maximum atomic E-state index is 11.4. The van der Waals surface area contributed by atoms with Crippen LogP contribution in [0.15, 0.2) is 36.4 Å². The van der Waals surface area contributed by atoms with Gasteiger partial charge in [-0.3, -0.25) is 19.7 Å². The molecule has 4 N–H and O–H groups in total. The fourth-order valence-corrected chi connectivity index (χ4v) is 4.70. The highest BCUT2D eigenvalue weighted by Gasteiger charge is 2.20. The minimum atomic E-state index is -0.443. The number of carbonyl (C=O) groups excluding carboxylic acids is 2. The van der Waals surface area contributed by atoms with Crippen molar-refractivity contribution in [2.75, 3.05) is 66.6 Å². The minimum absolute atomic E-state index is 0.0132. The van der Waals surface area contributed by atoms with E-state index in [1.807, 2.05) is 18.2 Å². The highest BCUT2D eigenvalue weighted by molar-refractivity contribution is 5.92. The number of nitrogens with zero attached hydrogens (tertiary/aromatic N) is 3. The topological polar surface area (TPSA) is 152 Å². The van der Waals surface area contributed by atoms with Crippen LogP contribution in [-0.2, 0) is 19.1 Å². The van der Waals surface area contributed by atoms with Crippen molar-refractivity contribution in [3.63, 3.8) is 0 Å². The number of nitrogen functional groups attached to an aromatic ring is 1. The van der Waals surface area contributed by atoms with E-state index in [4.69, 9.17) is 15.2 Å². The summed E-state index contributed by atoms with van der Waals surface area (Å²) in [7, 11) is 3.32. The van der Waals surface area contributed by atoms with Gasteiger partial charge in [0, 0.05) is 66.0 Å². The van der Waals surface area contributed by atoms with Crippen molar-refractivity contribution in [1.29, 1.82) is 0 Å². The largest absolute Gasteiger partial charge is 0.397 e. The van der Waals surface area contributed by atoms with Gasteiger partial charge in [-0.05, 0) is 68.9 Å². The normalized spacial score (nSPS) is 18.2. The van der Waals surface area contributed by atoms with Gasteiger partial charge in [0.05, 0.1) is 34.2 Å². The maximum absolute atomic E-state index is 11.4. The molecule has 42 heavy (non-hydrogen) atoms. The van der Waals surface area contributed by atoms with Crippen molar-refractivity contribution < 1.29 is 24.0 Å². The Hall–Kier alpha value is -3.90. The number of nitro benzene ring substituents is 1. The fraction of sp³-hybridized carbons (Fsp3) is 0.533. The zero-order valence-corrected chi connectivity index (χ0v) is 25.1. The number of carbonyl (C=O) groups is 2. The number of hydrogen-bond donors (Lipinski definition) is 3. The second-order valence-corrected chi connectivity index (χ2v) is 10.6. The second-order valence-electron chi connectivity index (χ2n) is 10.6. The molecule has 0 aliphatic carbocycles. The first-order valence-corrected chi connectivity index (χ1v) is 14.4. The SMILES string of the molecule is CC(=O)N(C)c1ccc(NCC2CCCCO2)c(N)c1.CC(=O)N(C)c1ccc(NCC2CCCCO2)c([N+](=O)[O-])c1. The fourth-order valence-electron chi connectivity index (χ4n) is 4.70. The predicted molar refractivity (Wildman–Crippen MR) is 166 cm³/mol. The number of nitro groups is 1. The lowest BCUT2D eigenvalue weighted by molar-refractivity contribution is -0.383. The third-order valence-electron chi connectivity index (χ3n) is 7.52. The molecule has 2 heterocycles. The monoisotopic (exact) mass is 584 g/mol. The van der Waals surface area contributed by atoms with E-state index in [9.17, 15) is 19.7 Å². The number of rotatable bonds is 9. The number of ether oxygens (including phenoxy) is 2. The van der Waals surface area contributed by atoms with Crippen LogP contribution < -0.4 is 26.2 Å². The van der Waals surface area contributed by atoms with Crippen LogP contribution in [0.5, 0.6) is 0 Å². The summed E-state index contributed by atoms with van der Waals surface area (Å²) < 4.78 is 11.3. The average Bonchev–Trinajstić information content (AvgIpc) is 2.99. The third-order valence-corrected chi connectivity index (χ3v) is 7.52. The zero-order valence-electron chi connectivity index (χ0n) is 25.1. The van der Waals surface area contributed by atoms with E-state index in [-0.39, 0.29) is 29.7 Å². The van der Waals surface area contributed by atoms with Gasteiger partial charge in [-0.1, -0.05) is 0 Å². The van der Waals surface area contributed by atoms with Gasteiger partial charge >= 0.3 is 0 Å². The van der Waals surface area contributed by atoms with E-state index in [0.717, 1.165) is 63.2 Å². The summed E-state index contributed by atoms with van der Waals surface area (Å²) in [6.07, 6.45) is 6.99. The molecular weight excluding hydrogens is 540 g/mol. The molecule has 2 aromatic carbocycles. The van der Waals surface area contributed by atoms with Gasteiger partial charge in [0.2, 0.25) is 11.8 Å². The Morgan fingerprint density at radius 3 is 1.76 bits per heavy atom. The van der Waals surface area contributed by atoms with Crippen molar-refractivity contribution in [2.24, 2.45) is 0 Å². The van der Waals surface area contributed by atoms with Gasteiger partial charge in [0.1, 0.15) is 5.69 Å². The minimum Gasteiger partial charge on any atom is -0.397 e. The highest BCUT2D eigenvalue weighted by atomic mass is 16.6. The Bertz CT molecular complexity index is 1210. The number of nitrogens with one attached hydrogen (secondary N) is 2. The maximum Gasteiger partial charge on any atom is 0.294 e. The average molecular weight is 585 g/mol. The summed E-state index contributed by atoms with van der Waals surface area (Å²) in [4.78, 5) is 36.4. The lowest BCUT2D eigenvalue weighted by Gasteiger charge is -2.24. The van der Waals surface area contributed by atoms with Crippen LogP contribution in [0.2, 0.25) is 0 Å². The number of anilines is 5. The molecule has 230 valence electrons. The molecule has 12 nitrogen and oxygen atoms in total. The van der Waals surface area contributed by atoms with Gasteiger partial charge in [0.15, 0.2) is 0 Å². The first-order valence-electron chi connectivity index (χ1n) is 14.4. The van der Waals surface area contributed by atoms with E-state index in [1.165, 1.54) is 31.2 Å². The summed E-state index contributed by atoms with van der Waals surface area (Å²) in [5.74, 6) is -0.189. The molecule has 12 heteroatoms. The number of benzene rings is 2. The van der Waals surface area contributed by atoms with Crippen molar-refractivity contribution in [2.45, 2.75) is 64.6 Å². The lowest BCUT2D eigenvalue weighted by Crippen LogP contribution is -2.27. The molecule has 0 spiro atoms. The van der Waals surface area contributed by atoms with Gasteiger partial charge in [-0.2, -0.15) is 0 Å². The molecule has 0 bridgehead atoms. The first kappa shape index (κ1) is 32.6. The highest BCUT2D eigenvalue weighted by Crippen LogP contribution is 2.30. The smallest absolute Gasteiger partial charge is 0.294 e. The Kier molecular flexibility index (Phi) is 12.4. The van der Waals surface area contributed by atoms with E-state index in [0.29, 0.717) is 23.6 Å². The molecule has 0 saturated carbocycles. The molecule has 2 amide bonds. The van der Waals surface area contributed by atoms with Crippen molar-refractivity contribution in [3.8, 4) is 0 Å². The summed E-state index contributed by atoms with van der Waals surface area (Å²) in [5, 5.41) is 17.7. The van der Waals surface area contributed by atoms with Crippen LogP contribution >= 0.6 is 0 Å². The van der Waals surface area contributed by atoms with Crippen LogP contribution in [-0.4, -0.2) is 69.3 Å². The van der Waals surface area contributed by atoms with Crippen LogP contribution in [0.4, 0.5) is 34.1 Å². The van der Waals surface area contributed by atoms with Crippen LogP contribution in [0.25, 0.3) is 0 Å². The Labute approximate surface area is 247 Å². The van der Waals surface area contributed by atoms with Gasteiger partial charge in [-0.25, -0.2) is 0 Å². The molecular formula is C30H44N6O6. The first-order chi connectivity index (χ1) is 20.1. The van der Waals surface area contributed by atoms with Crippen molar-refractivity contribution in [1.82, 2.24) is 0 Å². The van der Waals surface area contributed by atoms with E-state index >= 15 is 0 Å². The van der Waals surface area contributed by atoms with Crippen molar-refractivity contribution >= 4 is 45.9 Å². The molecule has 2 saturated heterocycles.